The average molecular weight is 315 g/mol. The zero-order valence-corrected chi connectivity index (χ0v) is 12.2. The highest BCUT2D eigenvalue weighted by atomic mass is 35.5. The Kier molecular flexibility index (Phi) is 4.83. The molecule has 106 valence electrons. The molecule has 20 heavy (non-hydrogen) atoms. The molecular weight excluding hydrogens is 302 g/mol. The lowest BCUT2D eigenvalue weighted by Crippen LogP contribution is -2.28. The Labute approximate surface area is 126 Å². The number of ether oxygens (including phenoxy) is 1. The standard InChI is InChI=1S/C14H13Cl2FN2O/c1-20-13-7-9(3-5-12(13)17)14(19-18)8-2-4-10(15)11(16)6-8/h2-7,14,19H,18H2,1H3. The van der Waals surface area contributed by atoms with Gasteiger partial charge in [0.1, 0.15) is 0 Å². The highest BCUT2D eigenvalue weighted by molar-refractivity contribution is 6.42. The van der Waals surface area contributed by atoms with Crippen molar-refractivity contribution in [3.8, 4) is 5.75 Å². The molecule has 0 saturated heterocycles. The first-order chi connectivity index (χ1) is 9.56. The number of hydrogen-bond donors (Lipinski definition) is 2. The first-order valence-corrected chi connectivity index (χ1v) is 6.57. The lowest BCUT2D eigenvalue weighted by atomic mass is 9.99. The van der Waals surface area contributed by atoms with E-state index in [1.165, 1.54) is 13.2 Å². The van der Waals surface area contributed by atoms with Crippen LogP contribution in [0.1, 0.15) is 17.2 Å². The number of halogens is 3. The van der Waals surface area contributed by atoms with Gasteiger partial charge in [-0.2, -0.15) is 0 Å². The summed E-state index contributed by atoms with van der Waals surface area (Å²) in [6, 6.07) is 9.39. The number of hydrazine groups is 1. The molecule has 0 heterocycles. The van der Waals surface area contributed by atoms with Gasteiger partial charge in [0, 0.05) is 0 Å². The van der Waals surface area contributed by atoms with E-state index in [1.807, 2.05) is 0 Å². The van der Waals surface area contributed by atoms with Gasteiger partial charge in [-0.1, -0.05) is 35.3 Å². The Bertz CT molecular complexity index is 622. The Hall–Kier alpha value is -1.33. The number of rotatable bonds is 4. The van der Waals surface area contributed by atoms with Crippen molar-refractivity contribution in [3.63, 3.8) is 0 Å². The fourth-order valence-corrected chi connectivity index (χ4v) is 2.24. The maximum absolute atomic E-state index is 13.4. The molecule has 0 fully saturated rings. The SMILES string of the molecule is COc1cc(C(NN)c2ccc(Cl)c(Cl)c2)ccc1F. The third-order valence-corrected chi connectivity index (χ3v) is 3.69. The number of nitrogens with one attached hydrogen (secondary N) is 1. The van der Waals surface area contributed by atoms with Crippen LogP contribution in [0.25, 0.3) is 0 Å². The molecule has 0 spiro atoms. The van der Waals surface area contributed by atoms with Crippen LogP contribution in [0, 0.1) is 5.82 Å². The second-order valence-electron chi connectivity index (χ2n) is 4.17. The zero-order chi connectivity index (χ0) is 14.7. The first kappa shape index (κ1) is 15.1. The first-order valence-electron chi connectivity index (χ1n) is 5.81. The van der Waals surface area contributed by atoms with Crippen molar-refractivity contribution in [2.24, 2.45) is 5.84 Å². The van der Waals surface area contributed by atoms with Crippen molar-refractivity contribution in [1.29, 1.82) is 0 Å². The highest BCUT2D eigenvalue weighted by Crippen LogP contribution is 2.30. The van der Waals surface area contributed by atoms with Gasteiger partial charge in [-0.05, 0) is 35.4 Å². The predicted octanol–water partition coefficient (Wildman–Crippen LogP) is 3.69. The average Bonchev–Trinajstić information content (AvgIpc) is 2.45. The molecule has 0 aliphatic carbocycles. The second kappa shape index (κ2) is 6.41. The van der Waals surface area contributed by atoms with Crippen LogP contribution in [0.3, 0.4) is 0 Å². The summed E-state index contributed by atoms with van der Waals surface area (Å²) in [5.41, 5.74) is 4.24. The molecule has 2 aromatic rings. The Morgan fingerprint density at radius 1 is 1.10 bits per heavy atom. The number of methoxy groups -OCH3 is 1. The van der Waals surface area contributed by atoms with Gasteiger partial charge in [0.2, 0.25) is 0 Å². The number of benzene rings is 2. The van der Waals surface area contributed by atoms with E-state index in [9.17, 15) is 4.39 Å². The molecule has 0 aromatic heterocycles. The summed E-state index contributed by atoms with van der Waals surface area (Å²) in [5, 5.41) is 0.890. The van der Waals surface area contributed by atoms with Crippen LogP contribution < -0.4 is 16.0 Å². The molecule has 0 amide bonds. The predicted molar refractivity (Wildman–Crippen MR) is 78.6 cm³/mol. The van der Waals surface area contributed by atoms with Crippen molar-refractivity contribution >= 4 is 23.2 Å². The molecule has 3 N–H and O–H groups in total. The molecule has 1 unspecified atom stereocenters. The third-order valence-electron chi connectivity index (χ3n) is 2.95. The summed E-state index contributed by atoms with van der Waals surface area (Å²) in [4.78, 5) is 0. The molecule has 0 aliphatic heterocycles. The Morgan fingerprint density at radius 2 is 1.75 bits per heavy atom. The molecule has 0 bridgehead atoms. The molecule has 2 aromatic carbocycles. The van der Waals surface area contributed by atoms with Crippen molar-refractivity contribution in [2.75, 3.05) is 7.11 Å². The van der Waals surface area contributed by atoms with Crippen LogP contribution in [0.5, 0.6) is 5.75 Å². The quantitative estimate of drug-likeness (QED) is 0.668. The monoisotopic (exact) mass is 314 g/mol. The van der Waals surface area contributed by atoms with E-state index in [4.69, 9.17) is 33.8 Å². The summed E-state index contributed by atoms with van der Waals surface area (Å²) in [6.45, 7) is 0. The van der Waals surface area contributed by atoms with Crippen molar-refractivity contribution in [1.82, 2.24) is 5.43 Å². The summed E-state index contributed by atoms with van der Waals surface area (Å²) in [7, 11) is 1.41. The molecule has 0 aliphatic rings. The largest absolute Gasteiger partial charge is 0.494 e. The van der Waals surface area contributed by atoms with Crippen molar-refractivity contribution in [3.05, 3.63) is 63.4 Å². The summed E-state index contributed by atoms with van der Waals surface area (Å²) in [5.74, 6) is 5.32. The fourth-order valence-electron chi connectivity index (χ4n) is 1.93. The maximum atomic E-state index is 13.4. The van der Waals surface area contributed by atoms with Crippen LogP contribution in [0.4, 0.5) is 4.39 Å². The van der Waals surface area contributed by atoms with Crippen LogP contribution in [0.15, 0.2) is 36.4 Å². The minimum absolute atomic E-state index is 0.155. The molecular formula is C14H13Cl2FN2O. The van der Waals surface area contributed by atoms with E-state index >= 15 is 0 Å². The van der Waals surface area contributed by atoms with Crippen molar-refractivity contribution in [2.45, 2.75) is 6.04 Å². The summed E-state index contributed by atoms with van der Waals surface area (Å²) < 4.78 is 18.4. The van der Waals surface area contributed by atoms with E-state index in [0.29, 0.717) is 10.0 Å². The van der Waals surface area contributed by atoms with Crippen molar-refractivity contribution < 1.29 is 9.13 Å². The van der Waals surface area contributed by atoms with Gasteiger partial charge in [-0.25, -0.2) is 9.82 Å². The van der Waals surface area contributed by atoms with Crippen LogP contribution in [-0.4, -0.2) is 7.11 Å². The Balaban J connectivity index is 2.43. The summed E-state index contributed by atoms with van der Waals surface area (Å²) >= 11 is 11.9. The lowest BCUT2D eigenvalue weighted by molar-refractivity contribution is 0.385. The van der Waals surface area contributed by atoms with E-state index in [0.717, 1.165) is 11.1 Å². The van der Waals surface area contributed by atoms with E-state index < -0.39 is 5.82 Å². The van der Waals surface area contributed by atoms with E-state index in [2.05, 4.69) is 5.43 Å². The fraction of sp³-hybridized carbons (Fsp3) is 0.143. The zero-order valence-electron chi connectivity index (χ0n) is 10.7. The number of hydrogen-bond acceptors (Lipinski definition) is 3. The van der Waals surface area contributed by atoms with Crippen LogP contribution in [0.2, 0.25) is 10.0 Å². The molecule has 2 rings (SSSR count). The van der Waals surface area contributed by atoms with E-state index in [1.54, 1.807) is 30.3 Å². The van der Waals surface area contributed by atoms with Crippen LogP contribution in [-0.2, 0) is 0 Å². The van der Waals surface area contributed by atoms with Gasteiger partial charge in [-0.15, -0.1) is 0 Å². The lowest BCUT2D eigenvalue weighted by Gasteiger charge is -2.18. The smallest absolute Gasteiger partial charge is 0.165 e. The normalized spacial score (nSPS) is 12.2. The second-order valence-corrected chi connectivity index (χ2v) is 4.98. The molecule has 6 heteroatoms. The van der Waals surface area contributed by atoms with Gasteiger partial charge in [0.05, 0.1) is 23.2 Å². The highest BCUT2D eigenvalue weighted by Gasteiger charge is 2.16. The molecule has 3 nitrogen and oxygen atoms in total. The van der Waals surface area contributed by atoms with E-state index in [-0.39, 0.29) is 11.8 Å². The molecule has 0 saturated carbocycles. The van der Waals surface area contributed by atoms with Gasteiger partial charge in [0.25, 0.3) is 0 Å². The third kappa shape index (κ3) is 3.04. The maximum Gasteiger partial charge on any atom is 0.165 e. The summed E-state index contributed by atoms with van der Waals surface area (Å²) in [6.07, 6.45) is 0. The molecule has 0 radical (unpaired) electrons. The van der Waals surface area contributed by atoms with Gasteiger partial charge in [0.15, 0.2) is 11.6 Å². The molecule has 1 atom stereocenters. The minimum atomic E-state index is -0.429. The Morgan fingerprint density at radius 3 is 2.35 bits per heavy atom. The van der Waals surface area contributed by atoms with Crippen LogP contribution >= 0.6 is 23.2 Å². The van der Waals surface area contributed by atoms with Gasteiger partial charge in [-0.3, -0.25) is 5.84 Å². The minimum Gasteiger partial charge on any atom is -0.494 e. The number of nitrogens with two attached hydrogens (primary N) is 1. The van der Waals surface area contributed by atoms with Gasteiger partial charge >= 0.3 is 0 Å². The van der Waals surface area contributed by atoms with Gasteiger partial charge < -0.3 is 4.74 Å². The topological polar surface area (TPSA) is 47.3 Å².